The number of aliphatic carboxylic acids is 1. The van der Waals surface area contributed by atoms with Gasteiger partial charge in [-0.1, -0.05) is 30.3 Å². The number of carboxylic acid groups (broad SMARTS) is 1. The molecule has 0 fully saturated rings. The maximum absolute atomic E-state index is 10.1. The molecule has 1 rings (SSSR count). The fraction of sp³-hybridized carbons (Fsp3) is 0. The van der Waals surface area contributed by atoms with Gasteiger partial charge in [0.25, 0.3) is 0 Å². The first kappa shape index (κ1) is 12.0. The van der Waals surface area contributed by atoms with E-state index in [1.54, 1.807) is 6.08 Å². The van der Waals surface area contributed by atoms with Gasteiger partial charge in [-0.25, -0.2) is 4.79 Å². The van der Waals surface area contributed by atoms with Gasteiger partial charge in [-0.05, 0) is 11.6 Å². The summed E-state index contributed by atoms with van der Waals surface area (Å²) in [4.78, 5) is 10.1. The van der Waals surface area contributed by atoms with Gasteiger partial charge in [0.05, 0.1) is 0 Å². The second kappa shape index (κ2) is 6.51. The molecule has 1 aromatic rings. The fourth-order valence-electron chi connectivity index (χ4n) is 0.732. The molecule has 0 aliphatic rings. The van der Waals surface area contributed by atoms with Crippen LogP contribution in [0, 0.1) is 0 Å². The van der Waals surface area contributed by atoms with Gasteiger partial charge in [-0.3, -0.25) is 0 Å². The largest absolute Gasteiger partial charge is 2.00 e. The quantitative estimate of drug-likeness (QED) is 0.663. The van der Waals surface area contributed by atoms with Gasteiger partial charge in [0.1, 0.15) is 0 Å². The van der Waals surface area contributed by atoms with Crippen molar-refractivity contribution in [3.05, 3.63) is 42.0 Å². The summed E-state index contributed by atoms with van der Waals surface area (Å²) in [6.07, 6.45) is 2.68. The summed E-state index contributed by atoms with van der Waals surface area (Å²) < 4.78 is 0. The topological polar surface area (TPSA) is 37.3 Å². The van der Waals surface area contributed by atoms with Gasteiger partial charge in [-0.15, -0.1) is 0 Å². The van der Waals surface area contributed by atoms with Gasteiger partial charge < -0.3 is 7.96 Å². The smallest absolute Gasteiger partial charge is 1.00 e. The molecule has 0 amide bonds. The van der Waals surface area contributed by atoms with Gasteiger partial charge in [0.15, 0.2) is 0 Å². The molecule has 0 bridgehead atoms. The molecule has 0 radical (unpaired) electrons. The molecule has 1 aromatic carbocycles. The third kappa shape index (κ3) is 4.79. The van der Waals surface area contributed by atoms with Crippen molar-refractivity contribution in [1.29, 1.82) is 0 Å². The molecule has 12 heavy (non-hydrogen) atoms. The molecular formula is C9H10BaO2. The van der Waals surface area contributed by atoms with Crippen molar-refractivity contribution >= 4 is 60.9 Å². The van der Waals surface area contributed by atoms with Gasteiger partial charge in [-0.2, -0.15) is 0 Å². The third-order valence-corrected chi connectivity index (χ3v) is 1.22. The Kier molecular flexibility index (Phi) is 6.51. The first-order valence-electron chi connectivity index (χ1n) is 3.25. The average molecular weight is 288 g/mol. The Hall–Kier alpha value is 0.00143. The van der Waals surface area contributed by atoms with Crippen molar-refractivity contribution in [3.63, 3.8) is 0 Å². The van der Waals surface area contributed by atoms with E-state index in [-0.39, 0.29) is 51.7 Å². The van der Waals surface area contributed by atoms with Gasteiger partial charge in [0, 0.05) is 6.08 Å². The minimum absolute atomic E-state index is 0. The van der Waals surface area contributed by atoms with Gasteiger partial charge >= 0.3 is 54.9 Å². The normalized spacial score (nSPS) is 9.33. The Labute approximate surface area is 114 Å². The molecule has 60 valence electrons. The Morgan fingerprint density at radius 3 is 2.42 bits per heavy atom. The predicted octanol–water partition coefficient (Wildman–Crippen LogP) is 1.63. The maximum Gasteiger partial charge on any atom is 2.00 e. The molecule has 2 nitrogen and oxygen atoms in total. The van der Waals surface area contributed by atoms with E-state index < -0.39 is 5.97 Å². The summed E-state index contributed by atoms with van der Waals surface area (Å²) in [7, 11) is 0. The van der Waals surface area contributed by atoms with Crippen LogP contribution < -0.4 is 0 Å². The van der Waals surface area contributed by atoms with Crippen LogP contribution in [0.15, 0.2) is 36.4 Å². The van der Waals surface area contributed by atoms with Crippen molar-refractivity contribution in [2.24, 2.45) is 0 Å². The molecule has 0 aromatic heterocycles. The van der Waals surface area contributed by atoms with E-state index >= 15 is 0 Å². The van der Waals surface area contributed by atoms with E-state index in [1.807, 2.05) is 30.3 Å². The second-order valence-corrected chi connectivity index (χ2v) is 2.08. The Bertz CT molecular complexity index is 275. The van der Waals surface area contributed by atoms with Crippen LogP contribution in [0.25, 0.3) is 6.08 Å². The molecule has 1 N–H and O–H groups in total. The van der Waals surface area contributed by atoms with Crippen molar-refractivity contribution in [2.75, 3.05) is 0 Å². The number of rotatable bonds is 2. The molecule has 0 aliphatic carbocycles. The van der Waals surface area contributed by atoms with Crippen molar-refractivity contribution in [3.8, 4) is 0 Å². The van der Waals surface area contributed by atoms with Crippen molar-refractivity contribution in [2.45, 2.75) is 0 Å². The minimum atomic E-state index is -0.922. The first-order chi connectivity index (χ1) is 5.29. The Morgan fingerprint density at radius 2 is 1.92 bits per heavy atom. The average Bonchev–Trinajstić information content (AvgIpc) is 2.03. The van der Waals surface area contributed by atoms with E-state index in [0.717, 1.165) is 11.6 Å². The maximum atomic E-state index is 10.1. The van der Waals surface area contributed by atoms with Crippen LogP contribution in [0.2, 0.25) is 0 Å². The Morgan fingerprint density at radius 1 is 1.33 bits per heavy atom. The van der Waals surface area contributed by atoms with E-state index in [9.17, 15) is 4.79 Å². The minimum Gasteiger partial charge on any atom is -1.00 e. The van der Waals surface area contributed by atoms with Crippen LogP contribution in [0.5, 0.6) is 0 Å². The number of benzene rings is 1. The van der Waals surface area contributed by atoms with E-state index in [2.05, 4.69) is 0 Å². The zero-order valence-corrected chi connectivity index (χ0v) is 11.0. The van der Waals surface area contributed by atoms with Crippen molar-refractivity contribution < 1.29 is 12.8 Å². The number of carbonyl (C=O) groups is 1. The molecular weight excluding hydrogens is 277 g/mol. The molecule has 0 heterocycles. The molecule has 0 atom stereocenters. The van der Waals surface area contributed by atoms with E-state index in [4.69, 9.17) is 5.11 Å². The molecule has 0 unspecified atom stereocenters. The monoisotopic (exact) mass is 288 g/mol. The van der Waals surface area contributed by atoms with Crippen LogP contribution in [-0.2, 0) is 4.79 Å². The van der Waals surface area contributed by atoms with E-state index in [0.29, 0.717) is 0 Å². The van der Waals surface area contributed by atoms with Crippen molar-refractivity contribution in [1.82, 2.24) is 0 Å². The predicted molar refractivity (Wildman–Crippen MR) is 51.1 cm³/mol. The van der Waals surface area contributed by atoms with Crippen LogP contribution in [0.4, 0.5) is 0 Å². The molecule has 0 spiro atoms. The summed E-state index contributed by atoms with van der Waals surface area (Å²) in [6.45, 7) is 0. The fourth-order valence-corrected chi connectivity index (χ4v) is 0.732. The molecule has 0 saturated heterocycles. The number of hydrogen-bond acceptors (Lipinski definition) is 1. The molecule has 0 saturated carbocycles. The zero-order valence-electron chi connectivity index (χ0n) is 8.60. The summed E-state index contributed by atoms with van der Waals surface area (Å²) in [5, 5.41) is 8.29. The zero-order chi connectivity index (χ0) is 8.10. The summed E-state index contributed by atoms with van der Waals surface area (Å²) in [5.41, 5.74) is 0.898. The van der Waals surface area contributed by atoms with Gasteiger partial charge in [0.2, 0.25) is 0 Å². The molecule has 0 aliphatic heterocycles. The summed E-state index contributed by atoms with van der Waals surface area (Å²) in [5.74, 6) is -0.922. The van der Waals surface area contributed by atoms with Crippen LogP contribution in [-0.4, -0.2) is 60.0 Å². The van der Waals surface area contributed by atoms with Crippen LogP contribution >= 0.6 is 0 Å². The van der Waals surface area contributed by atoms with Crippen LogP contribution in [0.3, 0.4) is 0 Å². The van der Waals surface area contributed by atoms with Crippen LogP contribution in [0.1, 0.15) is 8.42 Å². The second-order valence-electron chi connectivity index (χ2n) is 2.08. The number of carboxylic acids is 1. The SMILES string of the molecule is O=C(O)/C=C/c1ccccc1.[Ba+2].[H-].[H-]. The third-order valence-electron chi connectivity index (χ3n) is 1.22. The first-order valence-corrected chi connectivity index (χ1v) is 3.25. The Balaban J connectivity index is -0.000000403. The van der Waals surface area contributed by atoms with E-state index in [1.165, 1.54) is 0 Å². The molecule has 3 heteroatoms. The summed E-state index contributed by atoms with van der Waals surface area (Å²) >= 11 is 0. The summed E-state index contributed by atoms with van der Waals surface area (Å²) in [6, 6.07) is 9.31. The number of hydrogen-bond donors (Lipinski definition) is 1. The standard InChI is InChI=1S/C9H8O2.Ba.2H/c10-9(11)7-6-8-4-2-1-3-5-8;;;/h1-7H,(H,10,11);;;/q;+2;2*-1/b7-6+;;;.